The zero-order chi connectivity index (χ0) is 13.0. The van der Waals surface area contributed by atoms with Gasteiger partial charge in [0.05, 0.1) is 5.69 Å². The number of aromatic nitrogens is 4. The van der Waals surface area contributed by atoms with E-state index in [1.165, 1.54) is 5.56 Å². The van der Waals surface area contributed by atoms with Gasteiger partial charge in [-0.1, -0.05) is 0 Å². The van der Waals surface area contributed by atoms with Gasteiger partial charge < -0.3 is 5.32 Å². The van der Waals surface area contributed by atoms with Crippen LogP contribution in [-0.4, -0.2) is 33.3 Å². The summed E-state index contributed by atoms with van der Waals surface area (Å²) in [6.45, 7) is 5.14. The van der Waals surface area contributed by atoms with Gasteiger partial charge in [-0.2, -0.15) is 5.10 Å². The largest absolute Gasteiger partial charge is 0.320 e. The molecule has 18 heavy (non-hydrogen) atoms. The van der Waals surface area contributed by atoms with Crippen LogP contribution in [0.3, 0.4) is 0 Å². The van der Waals surface area contributed by atoms with Gasteiger partial charge in [0, 0.05) is 18.1 Å². The Kier molecular flexibility index (Phi) is 4.04. The van der Waals surface area contributed by atoms with E-state index in [0.717, 1.165) is 30.8 Å². The quantitative estimate of drug-likeness (QED) is 0.810. The number of rotatable bonds is 5. The molecule has 0 amide bonds. The van der Waals surface area contributed by atoms with Gasteiger partial charge in [-0.15, -0.1) is 0 Å². The van der Waals surface area contributed by atoms with Crippen LogP contribution in [0.2, 0.25) is 0 Å². The molecule has 0 fully saturated rings. The van der Waals surface area contributed by atoms with E-state index in [-0.39, 0.29) is 0 Å². The van der Waals surface area contributed by atoms with Crippen molar-refractivity contribution in [3.63, 3.8) is 0 Å². The first-order valence-electron chi connectivity index (χ1n) is 6.21. The topological polar surface area (TPSA) is 55.6 Å². The van der Waals surface area contributed by atoms with E-state index >= 15 is 0 Å². The Morgan fingerprint density at radius 2 is 1.94 bits per heavy atom. The molecule has 2 heterocycles. The second kappa shape index (κ2) is 5.73. The second-order valence-corrected chi connectivity index (χ2v) is 4.32. The maximum atomic E-state index is 4.53. The van der Waals surface area contributed by atoms with Crippen molar-refractivity contribution in [2.45, 2.75) is 26.7 Å². The Hall–Kier alpha value is -1.75. The average Bonchev–Trinajstić information content (AvgIpc) is 2.68. The zero-order valence-electron chi connectivity index (χ0n) is 11.1. The van der Waals surface area contributed by atoms with Crippen LogP contribution in [0, 0.1) is 13.8 Å². The molecule has 2 aromatic heterocycles. The highest BCUT2D eigenvalue weighted by Crippen LogP contribution is 2.16. The third-order valence-corrected chi connectivity index (χ3v) is 3.04. The molecule has 2 aromatic rings. The lowest BCUT2D eigenvalue weighted by molar-refractivity contribution is 0.719. The van der Waals surface area contributed by atoms with Gasteiger partial charge in [-0.25, -0.2) is 14.6 Å². The van der Waals surface area contributed by atoms with Crippen molar-refractivity contribution >= 4 is 0 Å². The van der Waals surface area contributed by atoms with Crippen LogP contribution in [0.25, 0.3) is 5.95 Å². The minimum atomic E-state index is 0.637. The van der Waals surface area contributed by atoms with Gasteiger partial charge in [0.1, 0.15) is 0 Å². The molecule has 0 aliphatic carbocycles. The molecule has 0 bridgehead atoms. The van der Waals surface area contributed by atoms with Crippen LogP contribution < -0.4 is 5.32 Å². The lowest BCUT2D eigenvalue weighted by Gasteiger charge is -2.03. The van der Waals surface area contributed by atoms with Crippen LogP contribution in [-0.2, 0) is 6.42 Å². The summed E-state index contributed by atoms with van der Waals surface area (Å²) in [6, 6.07) is 1.81. The van der Waals surface area contributed by atoms with Crippen molar-refractivity contribution < 1.29 is 0 Å². The summed E-state index contributed by atoms with van der Waals surface area (Å²) in [7, 11) is 1.97. The standard InChI is InChI=1S/C13H19N5/c1-10-12(6-4-7-14-3)11(2)18(17-10)13-15-8-5-9-16-13/h5,8-9,14H,4,6-7H2,1-3H3. The Balaban J connectivity index is 2.26. The van der Waals surface area contributed by atoms with E-state index in [1.54, 1.807) is 12.4 Å². The van der Waals surface area contributed by atoms with Crippen molar-refractivity contribution in [2.24, 2.45) is 0 Å². The molecule has 0 aromatic carbocycles. The molecule has 0 saturated heterocycles. The van der Waals surface area contributed by atoms with E-state index in [4.69, 9.17) is 0 Å². The molecule has 0 aliphatic heterocycles. The second-order valence-electron chi connectivity index (χ2n) is 4.32. The van der Waals surface area contributed by atoms with Crippen LogP contribution in [0.5, 0.6) is 0 Å². The molecule has 0 spiro atoms. The third-order valence-electron chi connectivity index (χ3n) is 3.04. The van der Waals surface area contributed by atoms with Crippen LogP contribution in [0.15, 0.2) is 18.5 Å². The minimum absolute atomic E-state index is 0.637. The summed E-state index contributed by atoms with van der Waals surface area (Å²) < 4.78 is 1.82. The van der Waals surface area contributed by atoms with E-state index in [2.05, 4.69) is 27.3 Å². The fourth-order valence-corrected chi connectivity index (χ4v) is 2.07. The van der Waals surface area contributed by atoms with Crippen molar-refractivity contribution in [1.82, 2.24) is 25.1 Å². The molecular formula is C13H19N5. The highest BCUT2D eigenvalue weighted by Gasteiger charge is 2.13. The predicted molar refractivity (Wildman–Crippen MR) is 70.9 cm³/mol. The maximum Gasteiger partial charge on any atom is 0.250 e. The molecule has 0 unspecified atom stereocenters. The molecule has 1 N–H and O–H groups in total. The summed E-state index contributed by atoms with van der Waals surface area (Å²) >= 11 is 0. The Bertz CT molecular complexity index is 504. The molecule has 5 nitrogen and oxygen atoms in total. The van der Waals surface area contributed by atoms with E-state index < -0.39 is 0 Å². The van der Waals surface area contributed by atoms with Crippen LogP contribution >= 0.6 is 0 Å². The lowest BCUT2D eigenvalue weighted by Crippen LogP contribution is -2.09. The van der Waals surface area contributed by atoms with Crippen molar-refractivity contribution in [3.8, 4) is 5.95 Å². The maximum absolute atomic E-state index is 4.53. The first kappa shape index (κ1) is 12.7. The van der Waals surface area contributed by atoms with Crippen molar-refractivity contribution in [2.75, 3.05) is 13.6 Å². The summed E-state index contributed by atoms with van der Waals surface area (Å²) in [5, 5.41) is 7.69. The minimum Gasteiger partial charge on any atom is -0.320 e. The van der Waals surface area contributed by atoms with Crippen molar-refractivity contribution in [1.29, 1.82) is 0 Å². The Labute approximate surface area is 107 Å². The number of hydrogen-bond acceptors (Lipinski definition) is 4. The molecule has 0 aliphatic rings. The highest BCUT2D eigenvalue weighted by molar-refractivity contribution is 5.29. The highest BCUT2D eigenvalue weighted by atomic mass is 15.4. The fraction of sp³-hybridized carbons (Fsp3) is 0.462. The molecule has 0 saturated carbocycles. The summed E-state index contributed by atoms with van der Waals surface area (Å²) in [6.07, 6.45) is 5.61. The van der Waals surface area contributed by atoms with Gasteiger partial charge in [0.2, 0.25) is 0 Å². The molecule has 0 radical (unpaired) electrons. The van der Waals surface area contributed by atoms with Crippen LogP contribution in [0.4, 0.5) is 0 Å². The van der Waals surface area contributed by atoms with Gasteiger partial charge in [0.15, 0.2) is 0 Å². The van der Waals surface area contributed by atoms with E-state index in [0.29, 0.717) is 5.95 Å². The van der Waals surface area contributed by atoms with Gasteiger partial charge >= 0.3 is 0 Å². The third kappa shape index (κ3) is 2.56. The molecular weight excluding hydrogens is 226 g/mol. The smallest absolute Gasteiger partial charge is 0.250 e. The first-order chi connectivity index (χ1) is 8.74. The van der Waals surface area contributed by atoms with Crippen molar-refractivity contribution in [3.05, 3.63) is 35.4 Å². The summed E-state index contributed by atoms with van der Waals surface area (Å²) in [5.41, 5.74) is 3.50. The average molecular weight is 245 g/mol. The Morgan fingerprint density at radius 1 is 1.22 bits per heavy atom. The molecule has 2 rings (SSSR count). The van der Waals surface area contributed by atoms with Gasteiger partial charge in [0.25, 0.3) is 5.95 Å². The number of nitrogens with zero attached hydrogens (tertiary/aromatic N) is 4. The van der Waals surface area contributed by atoms with Crippen LogP contribution in [0.1, 0.15) is 23.4 Å². The van der Waals surface area contributed by atoms with Gasteiger partial charge in [-0.3, -0.25) is 0 Å². The fourth-order valence-electron chi connectivity index (χ4n) is 2.07. The normalized spacial score (nSPS) is 10.8. The first-order valence-corrected chi connectivity index (χ1v) is 6.21. The SMILES string of the molecule is CNCCCc1c(C)nn(-c2ncccn2)c1C. The van der Waals surface area contributed by atoms with E-state index in [9.17, 15) is 0 Å². The van der Waals surface area contributed by atoms with E-state index in [1.807, 2.05) is 24.7 Å². The number of hydrogen-bond donors (Lipinski definition) is 1. The number of aryl methyl sites for hydroxylation is 1. The molecule has 0 atom stereocenters. The summed E-state index contributed by atoms with van der Waals surface area (Å²) in [5.74, 6) is 0.637. The number of nitrogens with one attached hydrogen (secondary N) is 1. The monoisotopic (exact) mass is 245 g/mol. The zero-order valence-corrected chi connectivity index (χ0v) is 11.1. The van der Waals surface area contributed by atoms with Gasteiger partial charge in [-0.05, 0) is 51.9 Å². The molecule has 96 valence electrons. The predicted octanol–water partition coefficient (Wildman–Crippen LogP) is 1.43. The summed E-state index contributed by atoms with van der Waals surface area (Å²) in [4.78, 5) is 8.48. The lowest BCUT2D eigenvalue weighted by atomic mass is 10.1. The molecule has 5 heteroatoms. The Morgan fingerprint density at radius 3 is 2.61 bits per heavy atom.